The summed E-state index contributed by atoms with van der Waals surface area (Å²) in [7, 11) is 0. The van der Waals surface area contributed by atoms with Gasteiger partial charge in [0.2, 0.25) is 0 Å². The molecule has 1 fully saturated rings. The molecular weight excluding hydrogens is 300 g/mol. The minimum absolute atomic E-state index is 0. The van der Waals surface area contributed by atoms with Crippen molar-refractivity contribution in [2.45, 2.75) is 32.6 Å². The molecule has 22 heavy (non-hydrogen) atoms. The molecule has 0 bridgehead atoms. The second-order valence-electron chi connectivity index (χ2n) is 5.63. The molecular formula is C17H27ClN2O2. The lowest BCUT2D eigenvalue weighted by Crippen LogP contribution is -2.26. The van der Waals surface area contributed by atoms with E-state index in [1.54, 1.807) is 0 Å². The molecule has 0 radical (unpaired) electrons. The Morgan fingerprint density at radius 3 is 2.77 bits per heavy atom. The maximum Gasteiger partial charge on any atom is 0.251 e. The van der Waals surface area contributed by atoms with Crippen LogP contribution in [0.15, 0.2) is 24.3 Å². The smallest absolute Gasteiger partial charge is 0.251 e. The van der Waals surface area contributed by atoms with Crippen molar-refractivity contribution in [1.82, 2.24) is 10.6 Å². The summed E-state index contributed by atoms with van der Waals surface area (Å²) >= 11 is 0. The van der Waals surface area contributed by atoms with Crippen molar-refractivity contribution in [3.8, 4) is 5.75 Å². The lowest BCUT2D eigenvalue weighted by atomic mass is 10.1. The van der Waals surface area contributed by atoms with E-state index in [9.17, 15) is 4.79 Å². The monoisotopic (exact) mass is 326 g/mol. The van der Waals surface area contributed by atoms with Crippen LogP contribution in [0.25, 0.3) is 0 Å². The molecule has 2 N–H and O–H groups in total. The maximum atomic E-state index is 12.0. The molecule has 1 saturated heterocycles. The SMILES string of the molecule is CCCCOc1ccc(C(=O)NCCC2CCNC2)cc1.Cl. The van der Waals surface area contributed by atoms with Gasteiger partial charge in [-0.2, -0.15) is 0 Å². The molecule has 0 aromatic heterocycles. The number of hydrogen-bond donors (Lipinski definition) is 2. The molecule has 1 aromatic rings. The Morgan fingerprint density at radius 1 is 1.36 bits per heavy atom. The lowest BCUT2D eigenvalue weighted by molar-refractivity contribution is 0.0951. The van der Waals surface area contributed by atoms with E-state index in [0.717, 1.165) is 51.3 Å². The fraction of sp³-hybridized carbons (Fsp3) is 0.588. The predicted octanol–water partition coefficient (Wildman–Crippen LogP) is 3.02. The number of halogens is 1. The minimum Gasteiger partial charge on any atom is -0.494 e. The van der Waals surface area contributed by atoms with E-state index in [2.05, 4.69) is 17.6 Å². The van der Waals surface area contributed by atoms with Crippen LogP contribution in [0.2, 0.25) is 0 Å². The number of amides is 1. The number of nitrogens with one attached hydrogen (secondary N) is 2. The summed E-state index contributed by atoms with van der Waals surface area (Å²) in [5.41, 5.74) is 0.697. The van der Waals surface area contributed by atoms with Gasteiger partial charge in [0.25, 0.3) is 5.91 Å². The van der Waals surface area contributed by atoms with E-state index >= 15 is 0 Å². The van der Waals surface area contributed by atoms with Gasteiger partial charge >= 0.3 is 0 Å². The van der Waals surface area contributed by atoms with E-state index in [1.807, 2.05) is 24.3 Å². The zero-order valence-corrected chi connectivity index (χ0v) is 14.1. The number of rotatable bonds is 8. The summed E-state index contributed by atoms with van der Waals surface area (Å²) in [4.78, 5) is 12.0. The van der Waals surface area contributed by atoms with Gasteiger partial charge in [0, 0.05) is 12.1 Å². The van der Waals surface area contributed by atoms with Crippen LogP contribution in [0.4, 0.5) is 0 Å². The molecule has 5 heteroatoms. The highest BCUT2D eigenvalue weighted by Crippen LogP contribution is 2.13. The van der Waals surface area contributed by atoms with Gasteiger partial charge in [-0.1, -0.05) is 13.3 Å². The van der Waals surface area contributed by atoms with Gasteiger partial charge in [0.1, 0.15) is 5.75 Å². The third-order valence-corrected chi connectivity index (χ3v) is 3.88. The number of carbonyl (C=O) groups excluding carboxylic acids is 1. The van der Waals surface area contributed by atoms with Crippen LogP contribution in [0.1, 0.15) is 43.0 Å². The lowest BCUT2D eigenvalue weighted by Gasteiger charge is -2.10. The molecule has 1 aliphatic rings. The fourth-order valence-electron chi connectivity index (χ4n) is 2.49. The Bertz CT molecular complexity index is 431. The van der Waals surface area contributed by atoms with Crippen molar-refractivity contribution in [3.63, 3.8) is 0 Å². The van der Waals surface area contributed by atoms with Crippen LogP contribution in [0, 0.1) is 5.92 Å². The first-order chi connectivity index (χ1) is 10.3. The van der Waals surface area contributed by atoms with Gasteiger partial charge in [-0.05, 0) is 62.5 Å². The van der Waals surface area contributed by atoms with Gasteiger partial charge < -0.3 is 15.4 Å². The van der Waals surface area contributed by atoms with Crippen LogP contribution in [0.3, 0.4) is 0 Å². The molecule has 1 atom stereocenters. The van der Waals surface area contributed by atoms with Crippen molar-refractivity contribution in [2.75, 3.05) is 26.2 Å². The molecule has 0 spiro atoms. The van der Waals surface area contributed by atoms with Crippen molar-refractivity contribution in [3.05, 3.63) is 29.8 Å². The van der Waals surface area contributed by atoms with Gasteiger partial charge in [0.15, 0.2) is 0 Å². The Hall–Kier alpha value is -1.26. The first-order valence-corrected chi connectivity index (χ1v) is 8.01. The highest BCUT2D eigenvalue weighted by molar-refractivity contribution is 5.94. The molecule has 0 aliphatic carbocycles. The Labute approximate surface area is 139 Å². The van der Waals surface area contributed by atoms with Crippen LogP contribution in [0.5, 0.6) is 5.75 Å². The average molecular weight is 327 g/mol. The predicted molar refractivity (Wildman–Crippen MR) is 92.0 cm³/mol. The van der Waals surface area contributed by atoms with E-state index in [1.165, 1.54) is 6.42 Å². The minimum atomic E-state index is 0. The van der Waals surface area contributed by atoms with Crippen LogP contribution in [-0.2, 0) is 0 Å². The summed E-state index contributed by atoms with van der Waals surface area (Å²) < 4.78 is 5.59. The van der Waals surface area contributed by atoms with Gasteiger partial charge in [-0.15, -0.1) is 12.4 Å². The molecule has 124 valence electrons. The number of benzene rings is 1. The molecule has 1 amide bonds. The zero-order chi connectivity index (χ0) is 14.9. The van der Waals surface area contributed by atoms with Crippen LogP contribution >= 0.6 is 12.4 Å². The van der Waals surface area contributed by atoms with Gasteiger partial charge in [-0.25, -0.2) is 0 Å². The number of unbranched alkanes of at least 4 members (excludes halogenated alkanes) is 1. The third-order valence-electron chi connectivity index (χ3n) is 3.88. The second-order valence-corrected chi connectivity index (χ2v) is 5.63. The van der Waals surface area contributed by atoms with Crippen molar-refractivity contribution < 1.29 is 9.53 Å². The number of carbonyl (C=O) groups is 1. The summed E-state index contributed by atoms with van der Waals surface area (Å²) in [5, 5.41) is 6.33. The first-order valence-electron chi connectivity index (χ1n) is 8.01. The largest absolute Gasteiger partial charge is 0.494 e. The number of hydrogen-bond acceptors (Lipinski definition) is 3. The Kier molecular flexibility index (Phi) is 8.94. The van der Waals surface area contributed by atoms with Crippen LogP contribution in [-0.4, -0.2) is 32.1 Å². The van der Waals surface area contributed by atoms with E-state index in [4.69, 9.17) is 4.74 Å². The molecule has 2 rings (SSSR count). The third kappa shape index (κ3) is 6.24. The highest BCUT2D eigenvalue weighted by atomic mass is 35.5. The second kappa shape index (κ2) is 10.5. The standard InChI is InChI=1S/C17H26N2O2.ClH/c1-2-3-12-21-16-6-4-15(5-7-16)17(20)19-11-9-14-8-10-18-13-14;/h4-7,14,18H,2-3,8-13H2,1H3,(H,19,20);1H. The van der Waals surface area contributed by atoms with Gasteiger partial charge in [-0.3, -0.25) is 4.79 Å². The summed E-state index contributed by atoms with van der Waals surface area (Å²) in [5.74, 6) is 1.54. The molecule has 0 saturated carbocycles. The Balaban J connectivity index is 0.00000242. The summed E-state index contributed by atoms with van der Waals surface area (Å²) in [6.07, 6.45) is 4.45. The van der Waals surface area contributed by atoms with Gasteiger partial charge in [0.05, 0.1) is 6.61 Å². The molecule has 1 unspecified atom stereocenters. The Morgan fingerprint density at radius 2 is 2.14 bits per heavy atom. The van der Waals surface area contributed by atoms with Crippen molar-refractivity contribution in [1.29, 1.82) is 0 Å². The molecule has 4 nitrogen and oxygen atoms in total. The van der Waals surface area contributed by atoms with E-state index in [0.29, 0.717) is 11.5 Å². The highest BCUT2D eigenvalue weighted by Gasteiger charge is 2.14. The van der Waals surface area contributed by atoms with E-state index < -0.39 is 0 Å². The van der Waals surface area contributed by atoms with E-state index in [-0.39, 0.29) is 18.3 Å². The zero-order valence-electron chi connectivity index (χ0n) is 13.3. The van der Waals surface area contributed by atoms with Crippen LogP contribution < -0.4 is 15.4 Å². The quantitative estimate of drug-likeness (QED) is 0.722. The van der Waals surface area contributed by atoms with Crippen molar-refractivity contribution in [2.24, 2.45) is 5.92 Å². The van der Waals surface area contributed by atoms with Crippen molar-refractivity contribution >= 4 is 18.3 Å². The molecule has 1 aliphatic heterocycles. The first kappa shape index (κ1) is 18.8. The normalized spacial score (nSPS) is 16.9. The molecule has 1 aromatic carbocycles. The fourth-order valence-corrected chi connectivity index (χ4v) is 2.49. The summed E-state index contributed by atoms with van der Waals surface area (Å²) in [6, 6.07) is 7.39. The number of ether oxygens (including phenoxy) is 1. The average Bonchev–Trinajstić information content (AvgIpc) is 3.01. The maximum absolute atomic E-state index is 12.0. The topological polar surface area (TPSA) is 50.4 Å². The molecule has 1 heterocycles. The summed E-state index contributed by atoms with van der Waals surface area (Å²) in [6.45, 7) is 5.81.